The zero-order valence-corrected chi connectivity index (χ0v) is 20.8. The molecule has 0 saturated heterocycles. The lowest BCUT2D eigenvalue weighted by Crippen LogP contribution is -2.21. The van der Waals surface area contributed by atoms with E-state index in [0.717, 1.165) is 34.3 Å². The fourth-order valence-corrected chi connectivity index (χ4v) is 4.71. The fourth-order valence-electron chi connectivity index (χ4n) is 2.87. The Morgan fingerprint density at radius 1 is 0.967 bits per heavy atom. The van der Waals surface area contributed by atoms with E-state index < -0.39 is 0 Å². The van der Waals surface area contributed by atoms with Gasteiger partial charge in [0.2, 0.25) is 0 Å². The van der Waals surface area contributed by atoms with Gasteiger partial charge in [-0.2, -0.15) is 0 Å². The van der Waals surface area contributed by atoms with Gasteiger partial charge in [0.15, 0.2) is 0 Å². The molecule has 0 N–H and O–H groups in total. The third-order valence-electron chi connectivity index (χ3n) is 4.20. The Balaban J connectivity index is 0.00000155. The van der Waals surface area contributed by atoms with Crippen LogP contribution in [0.15, 0.2) is 76.7 Å². The zero-order valence-electron chi connectivity index (χ0n) is 18.4. The van der Waals surface area contributed by atoms with Crippen LogP contribution in [-0.4, -0.2) is 22.1 Å². The first-order valence-corrected chi connectivity index (χ1v) is 12.7. The van der Waals surface area contributed by atoms with Crippen molar-refractivity contribution in [3.8, 4) is 11.1 Å². The minimum absolute atomic E-state index is 0.559. The number of hydrogen-bond donors (Lipinski definition) is 0. The largest absolute Gasteiger partial charge is 0.259 e. The van der Waals surface area contributed by atoms with E-state index in [9.17, 15) is 0 Å². The number of rotatable bonds is 8. The van der Waals surface area contributed by atoms with Crippen molar-refractivity contribution in [2.24, 2.45) is 5.92 Å². The molecule has 5 heteroatoms. The van der Waals surface area contributed by atoms with E-state index in [1.165, 1.54) is 10.5 Å². The number of halogens is 1. The smallest absolute Gasteiger partial charge is 0.0555 e. The van der Waals surface area contributed by atoms with E-state index in [0.29, 0.717) is 5.92 Å². The van der Waals surface area contributed by atoms with Gasteiger partial charge in [-0.3, -0.25) is 4.98 Å². The van der Waals surface area contributed by atoms with Gasteiger partial charge in [-0.05, 0) is 60.0 Å². The summed E-state index contributed by atoms with van der Waals surface area (Å²) in [5, 5.41) is 0.790. The van der Waals surface area contributed by atoms with Crippen molar-refractivity contribution in [3.05, 3.63) is 77.6 Å². The van der Waals surface area contributed by atoms with Crippen LogP contribution < -0.4 is 0 Å². The predicted molar refractivity (Wildman–Crippen MR) is 135 cm³/mol. The molecule has 0 aliphatic rings. The molecule has 3 rings (SSSR count). The molecule has 160 valence electrons. The topological polar surface area (TPSA) is 16.1 Å². The maximum Gasteiger partial charge on any atom is 0.0555 e. The molecule has 0 saturated carbocycles. The van der Waals surface area contributed by atoms with E-state index >= 15 is 0 Å². The van der Waals surface area contributed by atoms with Gasteiger partial charge in [0.25, 0.3) is 0 Å². The molecule has 1 aromatic heterocycles. The first-order valence-electron chi connectivity index (χ1n) is 10.3. The molecule has 2 nitrogen and oxygen atoms in total. The molecule has 0 aliphatic heterocycles. The van der Waals surface area contributed by atoms with E-state index in [1.807, 2.05) is 38.2 Å². The van der Waals surface area contributed by atoms with Crippen LogP contribution in [0.4, 0.5) is 0 Å². The molecule has 0 unspecified atom stereocenters. The first-order chi connectivity index (χ1) is 14.5. The van der Waals surface area contributed by atoms with Crippen molar-refractivity contribution in [2.75, 3.05) is 12.8 Å². The van der Waals surface area contributed by atoms with Crippen LogP contribution in [-0.2, 0) is 6.54 Å². The maximum atomic E-state index is 6.36. The van der Waals surface area contributed by atoms with Gasteiger partial charge in [0, 0.05) is 28.1 Å². The lowest BCUT2D eigenvalue weighted by molar-refractivity contribution is 0.398. The van der Waals surface area contributed by atoms with Crippen molar-refractivity contribution >= 4 is 35.3 Å². The lowest BCUT2D eigenvalue weighted by atomic mass is 10.1. The van der Waals surface area contributed by atoms with Gasteiger partial charge in [-0.25, -0.2) is 4.31 Å². The second-order valence-corrected chi connectivity index (χ2v) is 9.43. The molecular formula is C25H31ClN2S2. The molecule has 0 radical (unpaired) electrons. The molecule has 0 fully saturated rings. The number of pyridine rings is 1. The van der Waals surface area contributed by atoms with Gasteiger partial charge in [0.05, 0.1) is 17.3 Å². The molecule has 0 aliphatic carbocycles. The average molecular weight is 459 g/mol. The highest BCUT2D eigenvalue weighted by Gasteiger charge is 2.13. The van der Waals surface area contributed by atoms with Crippen LogP contribution >= 0.6 is 35.3 Å². The lowest BCUT2D eigenvalue weighted by Gasteiger charge is -2.23. The van der Waals surface area contributed by atoms with E-state index in [2.05, 4.69) is 66.9 Å². The Labute approximate surface area is 195 Å². The molecule has 0 atom stereocenters. The molecule has 3 aromatic rings. The summed E-state index contributed by atoms with van der Waals surface area (Å²) in [4.78, 5) is 7.07. The number of nitrogens with zero attached hydrogens (tertiary/aromatic N) is 2. The van der Waals surface area contributed by atoms with E-state index in [-0.39, 0.29) is 0 Å². The monoisotopic (exact) mass is 458 g/mol. The maximum absolute atomic E-state index is 6.36. The Bertz CT molecular complexity index is 898. The standard InChI is InChI=1S/C23H25ClN2S2.C2H6/c1-17(2)15-26(28-23-10-5-4-9-22(23)24)16-20-12-11-19(14-25-20)18-7-6-8-21(13-18)27-3;1-2/h4-14,17H,15-16H2,1-3H3;1-2H3. The fraction of sp³-hybridized carbons (Fsp3) is 0.320. The summed E-state index contributed by atoms with van der Waals surface area (Å²) in [5.74, 6) is 0.559. The van der Waals surface area contributed by atoms with E-state index in [1.54, 1.807) is 23.7 Å². The summed E-state index contributed by atoms with van der Waals surface area (Å²) in [6, 6.07) is 20.8. The summed E-state index contributed by atoms with van der Waals surface area (Å²) >= 11 is 9.82. The minimum atomic E-state index is 0.559. The van der Waals surface area contributed by atoms with Crippen molar-refractivity contribution < 1.29 is 0 Å². The summed E-state index contributed by atoms with van der Waals surface area (Å²) in [5.41, 5.74) is 3.41. The molecule has 1 heterocycles. The van der Waals surface area contributed by atoms with Crippen LogP contribution in [0, 0.1) is 5.92 Å². The van der Waals surface area contributed by atoms with Gasteiger partial charge in [0.1, 0.15) is 0 Å². The Kier molecular flexibility index (Phi) is 10.8. The van der Waals surface area contributed by atoms with Crippen molar-refractivity contribution in [3.63, 3.8) is 0 Å². The summed E-state index contributed by atoms with van der Waals surface area (Å²) in [6.45, 7) is 10.2. The summed E-state index contributed by atoms with van der Waals surface area (Å²) < 4.78 is 2.34. The van der Waals surface area contributed by atoms with Crippen LogP contribution in [0.25, 0.3) is 11.1 Å². The quantitative estimate of drug-likeness (QED) is 0.249. The summed E-state index contributed by atoms with van der Waals surface area (Å²) in [7, 11) is 0. The third kappa shape index (κ3) is 7.66. The highest BCUT2D eigenvalue weighted by Crippen LogP contribution is 2.31. The molecule has 0 amide bonds. The molecular weight excluding hydrogens is 428 g/mol. The molecule has 2 aromatic carbocycles. The predicted octanol–water partition coefficient (Wildman–Crippen LogP) is 8.32. The highest BCUT2D eigenvalue weighted by atomic mass is 35.5. The van der Waals surface area contributed by atoms with Gasteiger partial charge in [-0.15, -0.1) is 11.8 Å². The van der Waals surface area contributed by atoms with Crippen molar-refractivity contribution in [1.82, 2.24) is 9.29 Å². The van der Waals surface area contributed by atoms with Crippen LogP contribution in [0.1, 0.15) is 33.4 Å². The second kappa shape index (κ2) is 13.1. The first kappa shape index (κ1) is 24.8. The molecule has 0 bridgehead atoms. The average Bonchev–Trinajstić information content (AvgIpc) is 2.77. The number of hydrogen-bond acceptors (Lipinski definition) is 4. The molecule has 0 spiro atoms. The SMILES string of the molecule is CC.CSc1cccc(-c2ccc(CN(CC(C)C)Sc3ccccc3Cl)nc2)c1. The van der Waals surface area contributed by atoms with Gasteiger partial charge < -0.3 is 0 Å². The number of aromatic nitrogens is 1. The second-order valence-electron chi connectivity index (χ2n) is 7.01. The van der Waals surface area contributed by atoms with E-state index in [4.69, 9.17) is 16.6 Å². The van der Waals surface area contributed by atoms with Crippen LogP contribution in [0.2, 0.25) is 5.02 Å². The zero-order chi connectivity index (χ0) is 21.9. The summed E-state index contributed by atoms with van der Waals surface area (Å²) in [6.07, 6.45) is 4.07. The van der Waals surface area contributed by atoms with Crippen LogP contribution in [0.3, 0.4) is 0 Å². The van der Waals surface area contributed by atoms with Gasteiger partial charge in [-0.1, -0.05) is 69.6 Å². The third-order valence-corrected chi connectivity index (χ3v) is 6.46. The van der Waals surface area contributed by atoms with Crippen molar-refractivity contribution in [1.29, 1.82) is 0 Å². The number of benzene rings is 2. The molecule has 30 heavy (non-hydrogen) atoms. The van der Waals surface area contributed by atoms with Crippen LogP contribution in [0.5, 0.6) is 0 Å². The Morgan fingerprint density at radius 3 is 2.37 bits per heavy atom. The van der Waals surface area contributed by atoms with Gasteiger partial charge >= 0.3 is 0 Å². The minimum Gasteiger partial charge on any atom is -0.259 e. The van der Waals surface area contributed by atoms with Crippen molar-refractivity contribution in [2.45, 2.75) is 44.0 Å². The Morgan fingerprint density at radius 2 is 1.73 bits per heavy atom. The Hall–Kier alpha value is -1.46. The highest BCUT2D eigenvalue weighted by molar-refractivity contribution is 7.98. The normalized spacial score (nSPS) is 10.8. The number of thioether (sulfide) groups is 1.